The van der Waals surface area contributed by atoms with E-state index in [-0.39, 0.29) is 11.9 Å². The maximum atomic E-state index is 12.2. The maximum Gasteiger partial charge on any atom is 0.253 e. The highest BCUT2D eigenvalue weighted by Crippen LogP contribution is 2.17. The van der Waals surface area contributed by atoms with Gasteiger partial charge in [0, 0.05) is 23.1 Å². The van der Waals surface area contributed by atoms with Gasteiger partial charge in [0.2, 0.25) is 0 Å². The summed E-state index contributed by atoms with van der Waals surface area (Å²) in [6.45, 7) is 3.81. The van der Waals surface area contributed by atoms with Gasteiger partial charge in [0.1, 0.15) is 0 Å². The fourth-order valence-electron chi connectivity index (χ4n) is 1.53. The van der Waals surface area contributed by atoms with Gasteiger partial charge in [0.05, 0.1) is 12.5 Å². The number of carbonyl (C=O) groups excluding carboxylic acids is 1. The van der Waals surface area contributed by atoms with Gasteiger partial charge in [0.25, 0.3) is 5.91 Å². The molecule has 0 aliphatic carbocycles. The van der Waals surface area contributed by atoms with Gasteiger partial charge in [-0.1, -0.05) is 15.9 Å². The Morgan fingerprint density at radius 3 is 2.71 bits per heavy atom. The van der Waals surface area contributed by atoms with Crippen LogP contribution in [0, 0.1) is 18.3 Å². The lowest BCUT2D eigenvalue weighted by atomic mass is 10.1. The van der Waals surface area contributed by atoms with Crippen LogP contribution in [0.2, 0.25) is 0 Å². The third-order valence-electron chi connectivity index (χ3n) is 2.66. The Morgan fingerprint density at radius 1 is 1.53 bits per heavy atom. The zero-order valence-electron chi connectivity index (χ0n) is 10.2. The molecule has 0 aliphatic heterocycles. The van der Waals surface area contributed by atoms with Crippen molar-refractivity contribution in [1.29, 1.82) is 5.26 Å². The molecule has 0 spiro atoms. The number of rotatable bonds is 3. The first-order chi connectivity index (χ1) is 7.95. The second kappa shape index (κ2) is 5.83. The quantitative estimate of drug-likeness (QED) is 0.860. The van der Waals surface area contributed by atoms with Gasteiger partial charge in [-0.05, 0) is 37.6 Å². The van der Waals surface area contributed by atoms with Gasteiger partial charge in [-0.15, -0.1) is 0 Å². The molecule has 1 unspecified atom stereocenters. The van der Waals surface area contributed by atoms with Crippen LogP contribution in [0.1, 0.15) is 29.3 Å². The highest BCUT2D eigenvalue weighted by atomic mass is 79.9. The standard InChI is InChI=1S/C13H15BrN2O/c1-9-6-11(8-12(14)7-9)13(17)16(3)10(2)4-5-15/h6-8,10H,4H2,1-3H3. The van der Waals surface area contributed by atoms with Crippen molar-refractivity contribution in [2.75, 3.05) is 7.05 Å². The zero-order chi connectivity index (χ0) is 13.0. The molecule has 3 nitrogen and oxygen atoms in total. The average molecular weight is 295 g/mol. The largest absolute Gasteiger partial charge is 0.338 e. The lowest BCUT2D eigenvalue weighted by molar-refractivity contribution is 0.0746. The molecule has 1 atom stereocenters. The van der Waals surface area contributed by atoms with Crippen molar-refractivity contribution in [3.8, 4) is 6.07 Å². The van der Waals surface area contributed by atoms with E-state index in [0.717, 1.165) is 10.0 Å². The molecule has 0 aromatic heterocycles. The number of hydrogen-bond donors (Lipinski definition) is 0. The fraction of sp³-hybridized carbons (Fsp3) is 0.385. The molecule has 0 fully saturated rings. The topological polar surface area (TPSA) is 44.1 Å². The number of hydrogen-bond acceptors (Lipinski definition) is 2. The molecule has 1 amide bonds. The van der Waals surface area contributed by atoms with Gasteiger partial charge in [-0.3, -0.25) is 4.79 Å². The highest BCUT2D eigenvalue weighted by Gasteiger charge is 2.17. The molecule has 0 bridgehead atoms. The van der Waals surface area contributed by atoms with Crippen LogP contribution in [0.15, 0.2) is 22.7 Å². The van der Waals surface area contributed by atoms with Gasteiger partial charge >= 0.3 is 0 Å². The van der Waals surface area contributed by atoms with Crippen molar-refractivity contribution in [1.82, 2.24) is 4.90 Å². The molecule has 1 rings (SSSR count). The number of nitrogens with zero attached hydrogens (tertiary/aromatic N) is 2. The number of carbonyl (C=O) groups is 1. The Hall–Kier alpha value is -1.34. The van der Waals surface area contributed by atoms with E-state index >= 15 is 0 Å². The van der Waals surface area contributed by atoms with Crippen LogP contribution in [-0.2, 0) is 0 Å². The fourth-order valence-corrected chi connectivity index (χ4v) is 2.14. The van der Waals surface area contributed by atoms with Gasteiger partial charge < -0.3 is 4.90 Å². The lowest BCUT2D eigenvalue weighted by Crippen LogP contribution is -2.34. The second-order valence-corrected chi connectivity index (χ2v) is 5.06. The Bertz CT molecular complexity index is 445. The Morgan fingerprint density at radius 2 is 2.18 bits per heavy atom. The first kappa shape index (κ1) is 13.7. The van der Waals surface area contributed by atoms with E-state index in [4.69, 9.17) is 5.26 Å². The van der Waals surface area contributed by atoms with Crippen LogP contribution in [0.5, 0.6) is 0 Å². The van der Waals surface area contributed by atoms with Crippen molar-refractivity contribution in [3.05, 3.63) is 33.8 Å². The molecule has 0 saturated carbocycles. The van der Waals surface area contributed by atoms with Crippen LogP contribution in [0.4, 0.5) is 0 Å². The van der Waals surface area contributed by atoms with Crippen molar-refractivity contribution in [2.45, 2.75) is 26.3 Å². The van der Waals surface area contributed by atoms with E-state index in [1.54, 1.807) is 18.0 Å². The molecule has 0 radical (unpaired) electrons. The molecule has 0 saturated heterocycles. The number of amides is 1. The molecule has 0 aliphatic rings. The number of halogens is 1. The smallest absolute Gasteiger partial charge is 0.253 e. The third-order valence-corrected chi connectivity index (χ3v) is 3.12. The normalized spacial score (nSPS) is 11.7. The lowest BCUT2D eigenvalue weighted by Gasteiger charge is -2.23. The molecule has 1 aromatic rings. The molecular weight excluding hydrogens is 280 g/mol. The monoisotopic (exact) mass is 294 g/mol. The van der Waals surface area contributed by atoms with Crippen LogP contribution in [0.25, 0.3) is 0 Å². The molecule has 17 heavy (non-hydrogen) atoms. The Balaban J connectivity index is 2.93. The minimum Gasteiger partial charge on any atom is -0.338 e. The summed E-state index contributed by atoms with van der Waals surface area (Å²) in [7, 11) is 1.72. The predicted octanol–water partition coefficient (Wildman–Crippen LogP) is 3.13. The number of aryl methyl sites for hydroxylation is 1. The minimum absolute atomic E-state index is 0.0582. The Kier molecular flexibility index (Phi) is 4.71. The number of nitriles is 1. The summed E-state index contributed by atoms with van der Waals surface area (Å²) < 4.78 is 0.891. The zero-order valence-corrected chi connectivity index (χ0v) is 11.8. The summed E-state index contributed by atoms with van der Waals surface area (Å²) in [4.78, 5) is 13.8. The van der Waals surface area contributed by atoms with Crippen LogP contribution in [0.3, 0.4) is 0 Å². The van der Waals surface area contributed by atoms with Crippen LogP contribution in [-0.4, -0.2) is 23.9 Å². The summed E-state index contributed by atoms with van der Waals surface area (Å²) in [6, 6.07) is 7.60. The first-order valence-electron chi connectivity index (χ1n) is 5.37. The van der Waals surface area contributed by atoms with E-state index in [1.807, 2.05) is 26.0 Å². The maximum absolute atomic E-state index is 12.2. The molecular formula is C13H15BrN2O. The summed E-state index contributed by atoms with van der Waals surface area (Å²) in [5.41, 5.74) is 1.67. The van der Waals surface area contributed by atoms with E-state index < -0.39 is 0 Å². The molecule has 4 heteroatoms. The summed E-state index contributed by atoms with van der Waals surface area (Å²) in [5, 5.41) is 8.63. The average Bonchev–Trinajstić information content (AvgIpc) is 2.26. The summed E-state index contributed by atoms with van der Waals surface area (Å²) in [5.74, 6) is -0.0582. The van der Waals surface area contributed by atoms with Crippen molar-refractivity contribution in [2.24, 2.45) is 0 Å². The highest BCUT2D eigenvalue weighted by molar-refractivity contribution is 9.10. The van der Waals surface area contributed by atoms with E-state index in [1.165, 1.54) is 0 Å². The van der Waals surface area contributed by atoms with E-state index in [9.17, 15) is 4.79 Å². The molecule has 0 N–H and O–H groups in total. The van der Waals surface area contributed by atoms with Crippen LogP contribution < -0.4 is 0 Å². The second-order valence-electron chi connectivity index (χ2n) is 4.14. The summed E-state index contributed by atoms with van der Waals surface area (Å²) >= 11 is 3.38. The van der Waals surface area contributed by atoms with Crippen molar-refractivity contribution in [3.63, 3.8) is 0 Å². The first-order valence-corrected chi connectivity index (χ1v) is 6.16. The number of benzene rings is 1. The van der Waals surface area contributed by atoms with Crippen molar-refractivity contribution < 1.29 is 4.79 Å². The molecule has 1 aromatic carbocycles. The van der Waals surface area contributed by atoms with E-state index in [0.29, 0.717) is 12.0 Å². The summed E-state index contributed by atoms with van der Waals surface area (Å²) in [6.07, 6.45) is 0.342. The Labute approximate surface area is 110 Å². The molecule has 0 heterocycles. The molecule has 90 valence electrons. The predicted molar refractivity (Wildman–Crippen MR) is 70.7 cm³/mol. The van der Waals surface area contributed by atoms with Crippen molar-refractivity contribution >= 4 is 21.8 Å². The van der Waals surface area contributed by atoms with Gasteiger partial charge in [-0.25, -0.2) is 0 Å². The van der Waals surface area contributed by atoms with Crippen LogP contribution >= 0.6 is 15.9 Å². The van der Waals surface area contributed by atoms with Gasteiger partial charge in [0.15, 0.2) is 0 Å². The van der Waals surface area contributed by atoms with E-state index in [2.05, 4.69) is 22.0 Å². The minimum atomic E-state index is -0.0770. The van der Waals surface area contributed by atoms with Gasteiger partial charge in [-0.2, -0.15) is 5.26 Å². The third kappa shape index (κ3) is 3.57. The SMILES string of the molecule is Cc1cc(Br)cc(C(=O)N(C)C(C)CC#N)c1.